The molecule has 0 saturated carbocycles. The maximum Gasteiger partial charge on any atom is 0.264 e. The summed E-state index contributed by atoms with van der Waals surface area (Å²) in [6.07, 6.45) is 0.257. The van der Waals surface area contributed by atoms with Gasteiger partial charge in [0.15, 0.2) is 0 Å². The number of carbonyl (C=O) groups excluding carboxylic acids is 2. The number of ether oxygens (including phenoxy) is 1. The van der Waals surface area contributed by atoms with Crippen molar-refractivity contribution in [1.29, 1.82) is 0 Å². The van der Waals surface area contributed by atoms with Crippen molar-refractivity contribution in [3.63, 3.8) is 0 Å². The maximum atomic E-state index is 14.0. The number of rotatable bonds is 11. The molecule has 1 N–H and O–H groups in total. The second kappa shape index (κ2) is 13.4. The third-order valence-electron chi connectivity index (χ3n) is 6.06. The Morgan fingerprint density at radius 1 is 0.949 bits per heavy atom. The Bertz CT molecular complexity index is 1420. The molecule has 0 heterocycles. The second-order valence-corrected chi connectivity index (χ2v) is 11.5. The molecule has 8 nitrogen and oxygen atoms in total. The van der Waals surface area contributed by atoms with E-state index in [2.05, 4.69) is 5.32 Å². The van der Waals surface area contributed by atoms with E-state index in [1.807, 2.05) is 0 Å². The van der Waals surface area contributed by atoms with Crippen LogP contribution in [0.15, 0.2) is 71.6 Å². The average Bonchev–Trinajstić information content (AvgIpc) is 2.93. The van der Waals surface area contributed by atoms with Crippen LogP contribution in [0.25, 0.3) is 0 Å². The van der Waals surface area contributed by atoms with Crippen molar-refractivity contribution in [3.05, 3.63) is 87.4 Å². The maximum absolute atomic E-state index is 14.0. The molecule has 12 heteroatoms. The topological polar surface area (TPSA) is 96.0 Å². The molecule has 3 aromatic carbocycles. The van der Waals surface area contributed by atoms with Crippen LogP contribution in [0.3, 0.4) is 0 Å². The normalized spacial score (nSPS) is 11.9. The van der Waals surface area contributed by atoms with Crippen LogP contribution < -0.4 is 14.4 Å². The van der Waals surface area contributed by atoms with Crippen molar-refractivity contribution in [1.82, 2.24) is 10.2 Å². The lowest BCUT2D eigenvalue weighted by atomic mass is 10.1. The number of anilines is 1. The Labute approximate surface area is 243 Å². The Morgan fingerprint density at radius 3 is 2.13 bits per heavy atom. The van der Waals surface area contributed by atoms with E-state index in [0.717, 1.165) is 4.31 Å². The number of likely N-dealkylation sites (N-methyl/N-ethyl adjacent to an activating group) is 1. The number of nitrogens with one attached hydrogen (secondary N) is 1. The van der Waals surface area contributed by atoms with Gasteiger partial charge < -0.3 is 15.0 Å². The fraction of sp³-hybridized carbons (Fsp3) is 0.259. The summed E-state index contributed by atoms with van der Waals surface area (Å²) in [5.41, 5.74) is 0.572. The van der Waals surface area contributed by atoms with Gasteiger partial charge in [0.25, 0.3) is 10.0 Å². The summed E-state index contributed by atoms with van der Waals surface area (Å²) in [7, 11) is -1.34. The summed E-state index contributed by atoms with van der Waals surface area (Å²) in [6.45, 7) is 0.997. The molecule has 0 aliphatic rings. The van der Waals surface area contributed by atoms with Crippen molar-refractivity contribution in [3.8, 4) is 5.75 Å². The molecule has 0 aliphatic heterocycles. The lowest BCUT2D eigenvalue weighted by molar-refractivity contribution is -0.140. The summed E-state index contributed by atoms with van der Waals surface area (Å²) in [5.74, 6) is -0.726. The predicted octanol–water partition coefficient (Wildman–Crippen LogP) is 5.40. The van der Waals surface area contributed by atoms with Gasteiger partial charge in [0.1, 0.15) is 18.3 Å². The van der Waals surface area contributed by atoms with Crippen LogP contribution in [0, 0.1) is 0 Å². The number of benzene rings is 3. The Kier molecular flexibility index (Phi) is 10.5. The summed E-state index contributed by atoms with van der Waals surface area (Å²) in [6, 6.07) is 16.1. The van der Waals surface area contributed by atoms with Crippen LogP contribution in [-0.4, -0.2) is 51.9 Å². The molecule has 0 fully saturated rings. The molecule has 3 rings (SSSR count). The van der Waals surface area contributed by atoms with Gasteiger partial charge in [0.05, 0.1) is 22.7 Å². The van der Waals surface area contributed by atoms with Gasteiger partial charge in [-0.05, 0) is 48.9 Å². The molecule has 1 unspecified atom stereocenters. The number of halogens is 3. The standard InChI is InChI=1S/C27H28Cl3N3O5S/c1-4-24(27(35)31-2)32(16-20-21(28)11-8-12-22(20)29)26(34)17-33(18-13-14-25(38-3)23(30)15-18)39(36,37)19-9-6-5-7-10-19/h5-15,24H,4,16-17H2,1-3H3,(H,31,35). The first kappa shape index (κ1) is 30.6. The molecular weight excluding hydrogens is 585 g/mol. The summed E-state index contributed by atoms with van der Waals surface area (Å²) in [4.78, 5) is 28.0. The molecule has 0 bridgehead atoms. The van der Waals surface area contributed by atoms with Gasteiger partial charge >= 0.3 is 0 Å². The predicted molar refractivity (Wildman–Crippen MR) is 154 cm³/mol. The second-order valence-electron chi connectivity index (χ2n) is 8.40. The lowest BCUT2D eigenvalue weighted by Gasteiger charge is -2.33. The number of amides is 2. The first-order valence-electron chi connectivity index (χ1n) is 11.9. The third kappa shape index (κ3) is 6.97. The van der Waals surface area contributed by atoms with Crippen LogP contribution in [0.2, 0.25) is 15.1 Å². The van der Waals surface area contributed by atoms with Crippen molar-refractivity contribution in [2.24, 2.45) is 0 Å². The van der Waals surface area contributed by atoms with E-state index in [0.29, 0.717) is 21.4 Å². The lowest BCUT2D eigenvalue weighted by Crippen LogP contribution is -2.51. The fourth-order valence-electron chi connectivity index (χ4n) is 4.00. The molecule has 2 amide bonds. The van der Waals surface area contributed by atoms with Crippen LogP contribution in [0.1, 0.15) is 18.9 Å². The zero-order valence-electron chi connectivity index (χ0n) is 21.5. The highest BCUT2D eigenvalue weighted by molar-refractivity contribution is 7.92. The monoisotopic (exact) mass is 611 g/mol. The van der Waals surface area contributed by atoms with Gasteiger partial charge in [-0.1, -0.05) is 66.0 Å². The summed E-state index contributed by atoms with van der Waals surface area (Å²) in [5, 5.41) is 3.34. The minimum absolute atomic E-state index is 0.0243. The molecule has 3 aromatic rings. The number of nitrogens with zero attached hydrogens (tertiary/aromatic N) is 2. The Balaban J connectivity index is 2.12. The van der Waals surface area contributed by atoms with Crippen molar-refractivity contribution >= 4 is 62.3 Å². The van der Waals surface area contributed by atoms with Gasteiger partial charge in [0.2, 0.25) is 11.8 Å². The minimum Gasteiger partial charge on any atom is -0.495 e. The van der Waals surface area contributed by atoms with Crippen LogP contribution >= 0.6 is 34.8 Å². The van der Waals surface area contributed by atoms with Crippen molar-refractivity contribution < 1.29 is 22.7 Å². The Morgan fingerprint density at radius 2 is 1.59 bits per heavy atom. The SMILES string of the molecule is CCC(C(=O)NC)N(Cc1c(Cl)cccc1Cl)C(=O)CN(c1ccc(OC)c(Cl)c1)S(=O)(=O)c1ccccc1. The van der Waals surface area contributed by atoms with E-state index in [1.165, 1.54) is 49.4 Å². The molecule has 0 radical (unpaired) electrons. The molecule has 1 atom stereocenters. The molecule has 0 saturated heterocycles. The van der Waals surface area contributed by atoms with Crippen LogP contribution in [0.5, 0.6) is 5.75 Å². The quantitative estimate of drug-likeness (QED) is 0.313. The van der Waals surface area contributed by atoms with E-state index in [-0.39, 0.29) is 28.6 Å². The van der Waals surface area contributed by atoms with Gasteiger partial charge in [-0.25, -0.2) is 8.42 Å². The third-order valence-corrected chi connectivity index (χ3v) is 8.85. The first-order chi connectivity index (χ1) is 18.5. The highest BCUT2D eigenvalue weighted by Crippen LogP contribution is 2.33. The largest absolute Gasteiger partial charge is 0.495 e. The first-order valence-corrected chi connectivity index (χ1v) is 14.5. The Hall–Kier alpha value is -2.98. The van der Waals surface area contributed by atoms with Gasteiger partial charge in [-0.3, -0.25) is 13.9 Å². The van der Waals surface area contributed by atoms with E-state index in [9.17, 15) is 18.0 Å². The molecule has 39 heavy (non-hydrogen) atoms. The molecular formula is C27H28Cl3N3O5S. The molecule has 0 spiro atoms. The fourth-order valence-corrected chi connectivity index (χ4v) is 6.19. The summed E-state index contributed by atoms with van der Waals surface area (Å²) >= 11 is 19.1. The summed E-state index contributed by atoms with van der Waals surface area (Å²) < 4.78 is 33.8. The van der Waals surface area contributed by atoms with Crippen molar-refractivity contribution in [2.75, 3.05) is 25.0 Å². The molecule has 208 valence electrons. The van der Waals surface area contributed by atoms with Crippen molar-refractivity contribution in [2.45, 2.75) is 30.8 Å². The zero-order valence-corrected chi connectivity index (χ0v) is 24.6. The van der Waals surface area contributed by atoms with Crippen LogP contribution in [0.4, 0.5) is 5.69 Å². The minimum atomic E-state index is -4.23. The average molecular weight is 613 g/mol. The molecule has 0 aromatic heterocycles. The number of hydrogen-bond donors (Lipinski definition) is 1. The zero-order chi connectivity index (χ0) is 28.7. The van der Waals surface area contributed by atoms with E-state index in [1.54, 1.807) is 43.3 Å². The highest BCUT2D eigenvalue weighted by Gasteiger charge is 2.34. The van der Waals surface area contributed by atoms with Gasteiger partial charge in [-0.15, -0.1) is 0 Å². The number of hydrogen-bond acceptors (Lipinski definition) is 5. The van der Waals surface area contributed by atoms with Gasteiger partial charge in [0, 0.05) is 29.2 Å². The number of methoxy groups -OCH3 is 1. The van der Waals surface area contributed by atoms with E-state index in [4.69, 9.17) is 39.5 Å². The van der Waals surface area contributed by atoms with Gasteiger partial charge in [-0.2, -0.15) is 0 Å². The smallest absolute Gasteiger partial charge is 0.264 e. The van der Waals surface area contributed by atoms with E-state index < -0.39 is 34.4 Å². The molecule has 0 aliphatic carbocycles. The van der Waals surface area contributed by atoms with E-state index >= 15 is 0 Å². The number of carbonyl (C=O) groups is 2. The van der Waals surface area contributed by atoms with Crippen LogP contribution in [-0.2, 0) is 26.2 Å². The number of sulfonamides is 1. The highest BCUT2D eigenvalue weighted by atomic mass is 35.5.